The Balaban J connectivity index is 1.95. The molecule has 0 bridgehead atoms. The number of nitrogens with zero attached hydrogens (tertiary/aromatic N) is 2. The van der Waals surface area contributed by atoms with Crippen molar-refractivity contribution in [2.24, 2.45) is 0 Å². The summed E-state index contributed by atoms with van der Waals surface area (Å²) in [6.45, 7) is 9.64. The molecule has 1 fully saturated rings. The molecule has 0 aromatic heterocycles. The minimum atomic E-state index is -0.452. The number of carbonyl (C=O) groups is 1. The molecule has 0 aliphatic carbocycles. The Morgan fingerprint density at radius 3 is 2.65 bits per heavy atom. The second kappa shape index (κ2) is 7.53. The summed E-state index contributed by atoms with van der Waals surface area (Å²) in [5.41, 5.74) is 7.54. The number of ether oxygens (including phenoxy) is 1. The van der Waals surface area contributed by atoms with Gasteiger partial charge in [0.2, 0.25) is 0 Å². The van der Waals surface area contributed by atoms with Crippen molar-refractivity contribution >= 4 is 27.7 Å². The number of amides is 1. The Morgan fingerprint density at radius 1 is 1.26 bits per heavy atom. The maximum atomic E-state index is 12.2. The lowest BCUT2D eigenvalue weighted by molar-refractivity contribution is 0.0257. The van der Waals surface area contributed by atoms with Gasteiger partial charge < -0.3 is 15.4 Å². The minimum absolute atomic E-state index is 0.222. The van der Waals surface area contributed by atoms with E-state index in [0.29, 0.717) is 6.54 Å². The van der Waals surface area contributed by atoms with Crippen molar-refractivity contribution in [1.82, 2.24) is 9.80 Å². The highest BCUT2D eigenvalue weighted by atomic mass is 79.9. The lowest BCUT2D eigenvalue weighted by Gasteiger charge is -2.26. The topological polar surface area (TPSA) is 58.8 Å². The zero-order valence-electron chi connectivity index (χ0n) is 14.1. The third kappa shape index (κ3) is 5.39. The second-order valence-corrected chi connectivity index (χ2v) is 7.76. The van der Waals surface area contributed by atoms with Crippen LogP contribution >= 0.6 is 15.9 Å². The number of hydrogen-bond acceptors (Lipinski definition) is 4. The lowest BCUT2D eigenvalue weighted by atomic mass is 10.1. The fourth-order valence-corrected chi connectivity index (χ4v) is 3.11. The zero-order chi connectivity index (χ0) is 17.0. The van der Waals surface area contributed by atoms with Crippen LogP contribution in [0.25, 0.3) is 0 Å². The average Bonchev–Trinajstić information content (AvgIpc) is 2.67. The predicted molar refractivity (Wildman–Crippen MR) is 96.3 cm³/mol. The molecule has 6 heteroatoms. The summed E-state index contributed by atoms with van der Waals surface area (Å²) in [5, 5.41) is 0. The van der Waals surface area contributed by atoms with E-state index in [4.69, 9.17) is 10.5 Å². The third-order valence-electron chi connectivity index (χ3n) is 3.78. The standard InChI is InChI=1S/C17H26BrN3O2/c1-17(2,3)23-16(22)21-9-5-8-20(10-11-21)12-13-14(18)6-4-7-15(13)19/h4,6-7H,5,8-12,19H2,1-3H3. The first-order chi connectivity index (χ1) is 10.8. The highest BCUT2D eigenvalue weighted by Crippen LogP contribution is 2.24. The van der Waals surface area contributed by atoms with E-state index in [1.165, 1.54) is 0 Å². The molecule has 1 saturated heterocycles. The van der Waals surface area contributed by atoms with Crippen LogP contribution in [0.5, 0.6) is 0 Å². The summed E-state index contributed by atoms with van der Waals surface area (Å²) >= 11 is 3.57. The van der Waals surface area contributed by atoms with Gasteiger partial charge in [-0.05, 0) is 39.3 Å². The normalized spacial score (nSPS) is 17.0. The van der Waals surface area contributed by atoms with Crippen LogP contribution in [0.1, 0.15) is 32.8 Å². The fraction of sp³-hybridized carbons (Fsp3) is 0.588. The van der Waals surface area contributed by atoms with Gasteiger partial charge in [0.05, 0.1) is 0 Å². The van der Waals surface area contributed by atoms with Crippen LogP contribution in [0.2, 0.25) is 0 Å². The quantitative estimate of drug-likeness (QED) is 0.794. The van der Waals surface area contributed by atoms with Gasteiger partial charge in [-0.25, -0.2) is 4.79 Å². The molecule has 128 valence electrons. The van der Waals surface area contributed by atoms with Crippen LogP contribution in [0.15, 0.2) is 22.7 Å². The van der Waals surface area contributed by atoms with Crippen LogP contribution in [-0.4, -0.2) is 47.7 Å². The lowest BCUT2D eigenvalue weighted by Crippen LogP contribution is -2.39. The molecule has 23 heavy (non-hydrogen) atoms. The van der Waals surface area contributed by atoms with E-state index >= 15 is 0 Å². The molecule has 1 aromatic rings. The number of halogens is 1. The summed E-state index contributed by atoms with van der Waals surface area (Å²) in [7, 11) is 0. The molecule has 0 spiro atoms. The molecule has 2 N–H and O–H groups in total. The number of hydrogen-bond donors (Lipinski definition) is 1. The molecular formula is C17H26BrN3O2. The number of anilines is 1. The summed E-state index contributed by atoms with van der Waals surface area (Å²) < 4.78 is 6.50. The van der Waals surface area contributed by atoms with Crippen molar-refractivity contribution in [3.8, 4) is 0 Å². The highest BCUT2D eigenvalue weighted by molar-refractivity contribution is 9.10. The Labute approximate surface area is 146 Å². The van der Waals surface area contributed by atoms with Gasteiger partial charge in [0.15, 0.2) is 0 Å². The van der Waals surface area contributed by atoms with E-state index in [2.05, 4.69) is 20.8 Å². The van der Waals surface area contributed by atoms with Crippen molar-refractivity contribution in [3.63, 3.8) is 0 Å². The van der Waals surface area contributed by atoms with Gasteiger partial charge in [-0.3, -0.25) is 4.90 Å². The Bertz CT molecular complexity index is 537. The SMILES string of the molecule is CC(C)(C)OC(=O)N1CCCN(Cc2c(N)cccc2Br)CC1. The maximum absolute atomic E-state index is 12.2. The average molecular weight is 384 g/mol. The largest absolute Gasteiger partial charge is 0.444 e. The van der Waals surface area contributed by atoms with Crippen molar-refractivity contribution in [2.45, 2.75) is 39.3 Å². The number of benzene rings is 1. The van der Waals surface area contributed by atoms with E-state index < -0.39 is 5.60 Å². The van der Waals surface area contributed by atoms with Gasteiger partial charge in [-0.15, -0.1) is 0 Å². The number of rotatable bonds is 2. The van der Waals surface area contributed by atoms with Gasteiger partial charge in [0.25, 0.3) is 0 Å². The van der Waals surface area contributed by atoms with Crippen molar-refractivity contribution in [1.29, 1.82) is 0 Å². The molecule has 2 rings (SSSR count). The molecule has 0 radical (unpaired) electrons. The highest BCUT2D eigenvalue weighted by Gasteiger charge is 2.24. The number of nitrogen functional groups attached to an aromatic ring is 1. The Kier molecular flexibility index (Phi) is 5.92. The van der Waals surface area contributed by atoms with E-state index in [0.717, 1.165) is 48.3 Å². The summed E-state index contributed by atoms with van der Waals surface area (Å²) in [5.74, 6) is 0. The van der Waals surface area contributed by atoms with Crippen molar-refractivity contribution in [3.05, 3.63) is 28.2 Å². The molecule has 1 aliphatic heterocycles. The van der Waals surface area contributed by atoms with Crippen LogP contribution < -0.4 is 5.73 Å². The number of carbonyl (C=O) groups excluding carboxylic acids is 1. The molecular weight excluding hydrogens is 358 g/mol. The smallest absolute Gasteiger partial charge is 0.410 e. The van der Waals surface area contributed by atoms with Gasteiger partial charge in [0.1, 0.15) is 5.60 Å². The first-order valence-electron chi connectivity index (χ1n) is 7.99. The van der Waals surface area contributed by atoms with Crippen molar-refractivity contribution in [2.75, 3.05) is 31.9 Å². The monoisotopic (exact) mass is 383 g/mol. The Morgan fingerprint density at radius 2 is 2.00 bits per heavy atom. The molecule has 1 heterocycles. The fourth-order valence-electron chi connectivity index (χ4n) is 2.60. The van der Waals surface area contributed by atoms with Crippen LogP contribution in [0.4, 0.5) is 10.5 Å². The summed E-state index contributed by atoms with van der Waals surface area (Å²) in [4.78, 5) is 16.3. The minimum Gasteiger partial charge on any atom is -0.444 e. The number of nitrogens with two attached hydrogens (primary N) is 1. The zero-order valence-corrected chi connectivity index (χ0v) is 15.7. The van der Waals surface area contributed by atoms with Crippen molar-refractivity contribution < 1.29 is 9.53 Å². The van der Waals surface area contributed by atoms with E-state index in [-0.39, 0.29) is 6.09 Å². The summed E-state index contributed by atoms with van der Waals surface area (Å²) in [6.07, 6.45) is 0.712. The molecule has 1 aliphatic rings. The molecule has 0 saturated carbocycles. The van der Waals surface area contributed by atoms with E-state index in [1.54, 1.807) is 4.90 Å². The first kappa shape index (κ1) is 18.1. The summed E-state index contributed by atoms with van der Waals surface area (Å²) in [6, 6.07) is 5.87. The van der Waals surface area contributed by atoms with Gasteiger partial charge in [-0.1, -0.05) is 22.0 Å². The second-order valence-electron chi connectivity index (χ2n) is 6.90. The molecule has 1 amide bonds. The van der Waals surface area contributed by atoms with Gasteiger partial charge in [0, 0.05) is 48.4 Å². The molecule has 0 atom stereocenters. The molecule has 1 aromatic carbocycles. The van der Waals surface area contributed by atoms with Crippen LogP contribution in [-0.2, 0) is 11.3 Å². The van der Waals surface area contributed by atoms with E-state index in [9.17, 15) is 4.79 Å². The van der Waals surface area contributed by atoms with Gasteiger partial charge >= 0.3 is 6.09 Å². The third-order valence-corrected chi connectivity index (χ3v) is 4.52. The van der Waals surface area contributed by atoms with Crippen LogP contribution in [0, 0.1) is 0 Å². The van der Waals surface area contributed by atoms with Gasteiger partial charge in [-0.2, -0.15) is 0 Å². The Hall–Kier alpha value is -1.27. The first-order valence-corrected chi connectivity index (χ1v) is 8.79. The van der Waals surface area contributed by atoms with E-state index in [1.807, 2.05) is 39.0 Å². The molecule has 0 unspecified atom stereocenters. The molecule has 5 nitrogen and oxygen atoms in total. The predicted octanol–water partition coefficient (Wildman–Crippen LogP) is 3.47. The maximum Gasteiger partial charge on any atom is 0.410 e. The van der Waals surface area contributed by atoms with Crippen LogP contribution in [0.3, 0.4) is 0 Å².